The molecule has 0 saturated heterocycles. The van der Waals surface area contributed by atoms with Crippen molar-refractivity contribution in [2.75, 3.05) is 13.7 Å². The lowest BCUT2D eigenvalue weighted by molar-refractivity contribution is 0.0502. The Labute approximate surface area is 222 Å². The van der Waals surface area contributed by atoms with Gasteiger partial charge in [-0.1, -0.05) is 30.3 Å². The molecular formula is C29H34N2O7. The van der Waals surface area contributed by atoms with E-state index in [4.69, 9.17) is 23.4 Å². The fourth-order valence-electron chi connectivity index (χ4n) is 3.90. The largest absolute Gasteiger partial charge is 0.492 e. The summed E-state index contributed by atoms with van der Waals surface area (Å²) in [5, 5.41) is 2.98. The Morgan fingerprint density at radius 1 is 1.11 bits per heavy atom. The van der Waals surface area contributed by atoms with Gasteiger partial charge in [0.15, 0.2) is 23.1 Å². The van der Waals surface area contributed by atoms with Gasteiger partial charge in [-0.3, -0.25) is 0 Å². The number of hydrogen-bond donors (Lipinski definition) is 1. The molecule has 38 heavy (non-hydrogen) atoms. The molecular weight excluding hydrogens is 488 g/mol. The molecule has 1 amide bonds. The Bertz CT molecular complexity index is 1260. The number of nitrogens with one attached hydrogen (secondary N) is 1. The maximum absolute atomic E-state index is 12.8. The van der Waals surface area contributed by atoms with Gasteiger partial charge in [-0.05, 0) is 63.6 Å². The third-order valence-corrected chi connectivity index (χ3v) is 5.85. The summed E-state index contributed by atoms with van der Waals surface area (Å²) in [7, 11) is 1.52. The van der Waals surface area contributed by atoms with Gasteiger partial charge in [0.2, 0.25) is 5.75 Å². The molecule has 1 saturated carbocycles. The maximum Gasteiger partial charge on any atom is 0.408 e. The number of carbonyl (C=O) groups is 2. The zero-order chi connectivity index (χ0) is 27.3. The number of oxazole rings is 1. The summed E-state index contributed by atoms with van der Waals surface area (Å²) in [6.45, 7) is 7.52. The van der Waals surface area contributed by atoms with Crippen LogP contribution in [0.3, 0.4) is 0 Å². The van der Waals surface area contributed by atoms with Crippen molar-refractivity contribution < 1.29 is 33.0 Å². The van der Waals surface area contributed by atoms with Gasteiger partial charge < -0.3 is 28.7 Å². The molecule has 1 atom stereocenters. The van der Waals surface area contributed by atoms with Crippen LogP contribution in [0.1, 0.15) is 67.2 Å². The zero-order valence-electron chi connectivity index (χ0n) is 22.4. The lowest BCUT2D eigenvalue weighted by Crippen LogP contribution is -2.36. The van der Waals surface area contributed by atoms with Crippen molar-refractivity contribution in [3.63, 3.8) is 0 Å². The first-order valence-electron chi connectivity index (χ1n) is 12.6. The Balaban J connectivity index is 1.70. The summed E-state index contributed by atoms with van der Waals surface area (Å²) in [6.07, 6.45) is 3.31. The van der Waals surface area contributed by atoms with E-state index in [1.807, 2.05) is 51.1 Å². The summed E-state index contributed by atoms with van der Waals surface area (Å²) in [5.74, 6) is 0.948. The fraction of sp³-hybridized carbons (Fsp3) is 0.414. The number of aromatic nitrogens is 1. The number of aryl methyl sites for hydroxylation is 1. The number of rotatable bonds is 10. The molecule has 1 heterocycles. The van der Waals surface area contributed by atoms with Crippen LogP contribution in [0.2, 0.25) is 0 Å². The Morgan fingerprint density at radius 3 is 2.45 bits per heavy atom. The van der Waals surface area contributed by atoms with Crippen LogP contribution in [0.5, 0.6) is 17.2 Å². The first kappa shape index (κ1) is 27.0. The van der Waals surface area contributed by atoms with E-state index in [2.05, 4.69) is 10.3 Å². The minimum Gasteiger partial charge on any atom is -0.492 e. The summed E-state index contributed by atoms with van der Waals surface area (Å²) in [5.41, 5.74) is 1.05. The van der Waals surface area contributed by atoms with Gasteiger partial charge in [0, 0.05) is 12.5 Å². The third-order valence-electron chi connectivity index (χ3n) is 5.85. The standard InChI is InChI=1S/C29H34N2O7/c1-18-30-23(17-35-18)27(32)37-24-14-13-21(25(34-5)26(24)36-16-20-11-12-20)22(15-19-9-7-6-8-10-19)31-28(33)38-29(2,3)4/h6-10,13-14,17,20,22H,11-12,15-16H2,1-5H3,(H,31,33)/t22-/m0/s1. The quantitative estimate of drug-likeness (QED) is 0.263. The Kier molecular flexibility index (Phi) is 8.24. The highest BCUT2D eigenvalue weighted by Crippen LogP contribution is 2.44. The molecule has 0 bridgehead atoms. The van der Waals surface area contributed by atoms with Gasteiger partial charge >= 0.3 is 12.1 Å². The first-order valence-corrected chi connectivity index (χ1v) is 12.6. The molecule has 1 aliphatic rings. The van der Waals surface area contributed by atoms with E-state index < -0.39 is 23.7 Å². The molecule has 1 aliphatic carbocycles. The molecule has 9 nitrogen and oxygen atoms in total. The van der Waals surface area contributed by atoms with Crippen molar-refractivity contribution in [2.24, 2.45) is 5.92 Å². The summed E-state index contributed by atoms with van der Waals surface area (Å²) >= 11 is 0. The highest BCUT2D eigenvalue weighted by Gasteiger charge is 2.30. The normalized spacial score (nSPS) is 13.9. The van der Waals surface area contributed by atoms with Crippen molar-refractivity contribution >= 4 is 12.1 Å². The predicted molar refractivity (Wildman–Crippen MR) is 140 cm³/mol. The minimum absolute atomic E-state index is 0.0484. The molecule has 1 fully saturated rings. The van der Waals surface area contributed by atoms with E-state index >= 15 is 0 Å². The smallest absolute Gasteiger partial charge is 0.408 e. The van der Waals surface area contributed by atoms with Crippen LogP contribution in [-0.4, -0.2) is 36.4 Å². The number of benzene rings is 2. The maximum atomic E-state index is 12.8. The lowest BCUT2D eigenvalue weighted by Gasteiger charge is -2.26. The monoisotopic (exact) mass is 522 g/mol. The second kappa shape index (κ2) is 11.6. The molecule has 0 unspecified atom stereocenters. The molecule has 3 aromatic rings. The van der Waals surface area contributed by atoms with Gasteiger partial charge in [0.1, 0.15) is 11.9 Å². The molecule has 9 heteroatoms. The van der Waals surface area contributed by atoms with Crippen LogP contribution in [0.25, 0.3) is 0 Å². The van der Waals surface area contributed by atoms with Gasteiger partial charge in [0.05, 0.1) is 19.8 Å². The number of ether oxygens (including phenoxy) is 4. The van der Waals surface area contributed by atoms with Gasteiger partial charge in [0.25, 0.3) is 0 Å². The number of alkyl carbamates (subject to hydrolysis) is 1. The van der Waals surface area contributed by atoms with E-state index in [1.54, 1.807) is 19.1 Å². The van der Waals surface area contributed by atoms with Crippen LogP contribution >= 0.6 is 0 Å². The number of hydrogen-bond acceptors (Lipinski definition) is 8. The second-order valence-electron chi connectivity index (χ2n) is 10.3. The van der Waals surface area contributed by atoms with E-state index in [9.17, 15) is 9.59 Å². The van der Waals surface area contributed by atoms with E-state index in [0.717, 1.165) is 18.4 Å². The summed E-state index contributed by atoms with van der Waals surface area (Å²) in [6, 6.07) is 12.7. The second-order valence-corrected chi connectivity index (χ2v) is 10.3. The Morgan fingerprint density at radius 2 is 1.84 bits per heavy atom. The molecule has 202 valence electrons. The molecule has 1 aromatic heterocycles. The summed E-state index contributed by atoms with van der Waals surface area (Å²) in [4.78, 5) is 29.6. The average molecular weight is 523 g/mol. The number of esters is 1. The van der Waals surface area contributed by atoms with Gasteiger partial charge in [-0.15, -0.1) is 0 Å². The molecule has 4 rings (SSSR count). The van der Waals surface area contributed by atoms with Crippen LogP contribution in [0.15, 0.2) is 53.1 Å². The average Bonchev–Trinajstić information content (AvgIpc) is 3.59. The number of methoxy groups -OCH3 is 1. The van der Waals surface area contributed by atoms with Crippen molar-refractivity contribution in [3.8, 4) is 17.2 Å². The lowest BCUT2D eigenvalue weighted by atomic mass is 9.97. The molecule has 0 aliphatic heterocycles. The van der Waals surface area contributed by atoms with Crippen LogP contribution in [0, 0.1) is 12.8 Å². The summed E-state index contributed by atoms with van der Waals surface area (Å²) < 4.78 is 28.3. The number of nitrogens with zero attached hydrogens (tertiary/aromatic N) is 1. The highest BCUT2D eigenvalue weighted by molar-refractivity contribution is 5.89. The van der Waals surface area contributed by atoms with E-state index in [-0.39, 0.29) is 17.2 Å². The SMILES string of the molecule is COc1c([C@H](Cc2ccccc2)NC(=O)OC(C)(C)C)ccc(OC(=O)c2coc(C)n2)c1OCC1CC1. The van der Waals surface area contributed by atoms with Crippen LogP contribution in [-0.2, 0) is 11.2 Å². The van der Waals surface area contributed by atoms with Crippen LogP contribution in [0.4, 0.5) is 4.79 Å². The zero-order valence-corrected chi connectivity index (χ0v) is 22.4. The molecule has 0 spiro atoms. The Hall–Kier alpha value is -4.01. The van der Waals surface area contributed by atoms with Crippen molar-refractivity contribution in [3.05, 3.63) is 71.4 Å². The molecule has 0 radical (unpaired) electrons. The van der Waals surface area contributed by atoms with E-state index in [0.29, 0.717) is 36.1 Å². The van der Waals surface area contributed by atoms with Crippen molar-refractivity contribution in [1.29, 1.82) is 0 Å². The van der Waals surface area contributed by atoms with Gasteiger partial charge in [-0.25, -0.2) is 14.6 Å². The molecule has 2 aromatic carbocycles. The molecule has 1 N–H and O–H groups in total. The van der Waals surface area contributed by atoms with Crippen molar-refractivity contribution in [1.82, 2.24) is 10.3 Å². The topological polar surface area (TPSA) is 109 Å². The van der Waals surface area contributed by atoms with E-state index in [1.165, 1.54) is 13.4 Å². The predicted octanol–water partition coefficient (Wildman–Crippen LogP) is 5.81. The number of carbonyl (C=O) groups excluding carboxylic acids is 2. The van der Waals surface area contributed by atoms with Crippen LogP contribution < -0.4 is 19.5 Å². The third kappa shape index (κ3) is 7.27. The fourth-order valence-corrected chi connectivity index (χ4v) is 3.90. The minimum atomic E-state index is -0.680. The first-order chi connectivity index (χ1) is 18.1. The highest BCUT2D eigenvalue weighted by atomic mass is 16.6. The van der Waals surface area contributed by atoms with Gasteiger partial charge in [-0.2, -0.15) is 0 Å². The number of amides is 1. The van der Waals surface area contributed by atoms with Crippen molar-refractivity contribution in [2.45, 2.75) is 58.6 Å².